The van der Waals surface area contributed by atoms with Gasteiger partial charge in [-0.3, -0.25) is 0 Å². The normalized spacial score (nSPS) is 18.9. The molecule has 1 nitrogen and oxygen atoms in total. The molecule has 0 aromatic rings. The highest BCUT2D eigenvalue weighted by molar-refractivity contribution is 6.73. The van der Waals surface area contributed by atoms with Gasteiger partial charge in [-0.15, -0.1) is 0 Å². The smallest absolute Gasteiger partial charge is 0.192 e. The van der Waals surface area contributed by atoms with E-state index in [9.17, 15) is 0 Å². The van der Waals surface area contributed by atoms with Gasteiger partial charge in [0.2, 0.25) is 0 Å². The fourth-order valence-corrected chi connectivity index (χ4v) is 8.23. The van der Waals surface area contributed by atoms with E-state index in [2.05, 4.69) is 20.8 Å². The second-order valence-corrected chi connectivity index (χ2v) is 12.2. The van der Waals surface area contributed by atoms with Crippen LogP contribution in [0.2, 0.25) is 18.1 Å². The van der Waals surface area contributed by atoms with Crippen molar-refractivity contribution >= 4 is 8.32 Å². The molecule has 1 unspecified atom stereocenters. The maximum Gasteiger partial charge on any atom is 0.192 e. The molecule has 0 saturated carbocycles. The van der Waals surface area contributed by atoms with E-state index in [-0.39, 0.29) is 0 Å². The Balaban J connectivity index is 2.37. The van der Waals surface area contributed by atoms with Gasteiger partial charge < -0.3 is 4.43 Å². The van der Waals surface area contributed by atoms with Crippen molar-refractivity contribution in [2.75, 3.05) is 0 Å². The summed E-state index contributed by atoms with van der Waals surface area (Å²) in [5, 5.41) is 0. The summed E-state index contributed by atoms with van der Waals surface area (Å²) in [6.45, 7) is 7.02. The third-order valence-electron chi connectivity index (χ3n) is 5.84. The summed E-state index contributed by atoms with van der Waals surface area (Å²) in [6.07, 6.45) is 20.2. The average molecular weight is 341 g/mol. The topological polar surface area (TPSA) is 9.23 Å². The lowest BCUT2D eigenvalue weighted by Gasteiger charge is -2.37. The van der Waals surface area contributed by atoms with E-state index in [4.69, 9.17) is 4.43 Å². The summed E-state index contributed by atoms with van der Waals surface area (Å²) in [5.41, 5.74) is 0. The average Bonchev–Trinajstić information content (AvgIpc) is 2.58. The minimum Gasteiger partial charge on any atom is -0.414 e. The van der Waals surface area contributed by atoms with Crippen molar-refractivity contribution in [1.29, 1.82) is 0 Å². The molecule has 0 amide bonds. The van der Waals surface area contributed by atoms with Crippen molar-refractivity contribution in [1.82, 2.24) is 0 Å². The van der Waals surface area contributed by atoms with Crippen molar-refractivity contribution in [2.24, 2.45) is 0 Å². The van der Waals surface area contributed by atoms with E-state index in [0.29, 0.717) is 6.10 Å². The van der Waals surface area contributed by atoms with Gasteiger partial charge in [-0.05, 0) is 31.0 Å². The van der Waals surface area contributed by atoms with Crippen LogP contribution in [0.25, 0.3) is 0 Å². The number of rotatable bonds is 14. The first-order valence-electron chi connectivity index (χ1n) is 10.9. The van der Waals surface area contributed by atoms with Gasteiger partial charge in [0.15, 0.2) is 8.32 Å². The first kappa shape index (κ1) is 21.2. The molecule has 1 heterocycles. The standard InChI is InChI=1S/C21H44OSi/c1-4-7-9-10-11-14-18-21(17-13-8-5-2)22-23(6-3)19-15-12-16-20-23/h21H,4-20H2,1-3H3. The molecule has 0 bridgehead atoms. The van der Waals surface area contributed by atoms with E-state index >= 15 is 0 Å². The molecule has 1 aliphatic rings. The lowest BCUT2D eigenvalue weighted by atomic mass is 10.0. The Morgan fingerprint density at radius 1 is 0.696 bits per heavy atom. The van der Waals surface area contributed by atoms with Gasteiger partial charge in [-0.1, -0.05) is 97.8 Å². The fourth-order valence-electron chi connectivity index (χ4n) is 4.14. The van der Waals surface area contributed by atoms with Gasteiger partial charge in [-0.25, -0.2) is 0 Å². The maximum atomic E-state index is 6.94. The summed E-state index contributed by atoms with van der Waals surface area (Å²) < 4.78 is 6.94. The molecule has 0 aromatic heterocycles. The van der Waals surface area contributed by atoms with Crippen molar-refractivity contribution < 1.29 is 4.43 Å². The molecular weight excluding hydrogens is 296 g/mol. The Labute approximate surface area is 148 Å². The molecule has 1 fully saturated rings. The molecule has 2 heteroatoms. The Hall–Kier alpha value is 0.177. The molecule has 1 saturated heterocycles. The number of unbranched alkanes of at least 4 members (excludes halogenated alkanes) is 7. The van der Waals surface area contributed by atoms with Crippen LogP contribution in [-0.4, -0.2) is 14.4 Å². The predicted octanol–water partition coefficient (Wildman–Crippen LogP) is 7.85. The zero-order valence-corrected chi connectivity index (χ0v) is 17.5. The zero-order valence-electron chi connectivity index (χ0n) is 16.5. The van der Waals surface area contributed by atoms with Gasteiger partial charge in [0.1, 0.15) is 0 Å². The van der Waals surface area contributed by atoms with Gasteiger partial charge >= 0.3 is 0 Å². The van der Waals surface area contributed by atoms with Crippen LogP contribution in [-0.2, 0) is 4.43 Å². The second-order valence-electron chi connectivity index (χ2n) is 7.89. The van der Waals surface area contributed by atoms with Crippen LogP contribution >= 0.6 is 0 Å². The molecule has 1 rings (SSSR count). The summed E-state index contributed by atoms with van der Waals surface area (Å²) in [7, 11) is -1.36. The molecule has 0 N–H and O–H groups in total. The maximum absolute atomic E-state index is 6.94. The van der Waals surface area contributed by atoms with Crippen molar-refractivity contribution in [3.63, 3.8) is 0 Å². The Morgan fingerprint density at radius 2 is 1.22 bits per heavy atom. The third-order valence-corrected chi connectivity index (χ3v) is 10.5. The molecular formula is C21H44OSi. The largest absolute Gasteiger partial charge is 0.414 e. The highest BCUT2D eigenvalue weighted by Crippen LogP contribution is 2.35. The van der Waals surface area contributed by atoms with Crippen molar-refractivity contribution in [2.45, 2.75) is 135 Å². The first-order chi connectivity index (χ1) is 11.3. The quantitative estimate of drug-likeness (QED) is 0.231. The summed E-state index contributed by atoms with van der Waals surface area (Å²) >= 11 is 0. The molecule has 1 atom stereocenters. The van der Waals surface area contributed by atoms with Crippen molar-refractivity contribution in [3.05, 3.63) is 0 Å². The minimum atomic E-state index is -1.36. The Kier molecular flexibility index (Phi) is 12.4. The van der Waals surface area contributed by atoms with Crippen LogP contribution in [0, 0.1) is 0 Å². The van der Waals surface area contributed by atoms with Crippen LogP contribution in [0.5, 0.6) is 0 Å². The highest BCUT2D eigenvalue weighted by Gasteiger charge is 2.36. The van der Waals surface area contributed by atoms with E-state index in [1.165, 1.54) is 108 Å². The van der Waals surface area contributed by atoms with E-state index in [1.54, 1.807) is 0 Å². The fraction of sp³-hybridized carbons (Fsp3) is 1.00. The molecule has 0 aromatic carbocycles. The molecule has 138 valence electrons. The van der Waals surface area contributed by atoms with E-state index in [1.807, 2.05) is 0 Å². The highest BCUT2D eigenvalue weighted by atomic mass is 28.4. The number of hydrogen-bond donors (Lipinski definition) is 0. The summed E-state index contributed by atoms with van der Waals surface area (Å²) in [4.78, 5) is 0. The van der Waals surface area contributed by atoms with E-state index < -0.39 is 8.32 Å². The second kappa shape index (κ2) is 13.5. The van der Waals surface area contributed by atoms with Crippen molar-refractivity contribution in [3.8, 4) is 0 Å². The zero-order chi connectivity index (χ0) is 16.8. The Bertz CT molecular complexity index is 261. The van der Waals surface area contributed by atoms with Crippen LogP contribution in [0.3, 0.4) is 0 Å². The van der Waals surface area contributed by atoms with Gasteiger partial charge in [0.05, 0.1) is 0 Å². The monoisotopic (exact) mass is 340 g/mol. The van der Waals surface area contributed by atoms with Crippen LogP contribution in [0.15, 0.2) is 0 Å². The summed E-state index contributed by atoms with van der Waals surface area (Å²) in [5.74, 6) is 0. The third kappa shape index (κ3) is 9.29. The lowest BCUT2D eigenvalue weighted by Crippen LogP contribution is -2.42. The Morgan fingerprint density at radius 3 is 1.83 bits per heavy atom. The number of hydrogen-bond acceptors (Lipinski definition) is 1. The molecule has 23 heavy (non-hydrogen) atoms. The first-order valence-corrected chi connectivity index (χ1v) is 13.5. The lowest BCUT2D eigenvalue weighted by molar-refractivity contribution is 0.155. The van der Waals surface area contributed by atoms with Gasteiger partial charge in [-0.2, -0.15) is 0 Å². The van der Waals surface area contributed by atoms with Gasteiger partial charge in [0.25, 0.3) is 0 Å². The van der Waals surface area contributed by atoms with E-state index in [0.717, 1.165) is 0 Å². The molecule has 0 radical (unpaired) electrons. The predicted molar refractivity (Wildman–Crippen MR) is 107 cm³/mol. The summed E-state index contributed by atoms with van der Waals surface area (Å²) in [6, 6.07) is 4.25. The molecule has 0 aliphatic carbocycles. The minimum absolute atomic E-state index is 0.595. The molecule has 1 aliphatic heterocycles. The molecule has 0 spiro atoms. The van der Waals surface area contributed by atoms with Crippen LogP contribution < -0.4 is 0 Å². The van der Waals surface area contributed by atoms with Crippen LogP contribution in [0.4, 0.5) is 0 Å². The van der Waals surface area contributed by atoms with Crippen LogP contribution in [0.1, 0.15) is 111 Å². The SMILES string of the molecule is CCCCCCCCC(CCCCC)O[Si]1(CC)CCCCC1. The van der Waals surface area contributed by atoms with Gasteiger partial charge in [0, 0.05) is 6.10 Å².